The van der Waals surface area contributed by atoms with Crippen LogP contribution in [0.3, 0.4) is 0 Å². The van der Waals surface area contributed by atoms with Gasteiger partial charge in [0.25, 0.3) is 5.91 Å². The third-order valence-corrected chi connectivity index (χ3v) is 12.2. The zero-order valence-electron chi connectivity index (χ0n) is 30.5. The Labute approximate surface area is 307 Å². The van der Waals surface area contributed by atoms with Gasteiger partial charge in [0.1, 0.15) is 35.5 Å². The van der Waals surface area contributed by atoms with Gasteiger partial charge in [-0.2, -0.15) is 0 Å². The first-order valence-corrected chi connectivity index (χ1v) is 19.4. The molecule has 1 amide bonds. The topological polar surface area (TPSA) is 130 Å². The van der Waals surface area contributed by atoms with E-state index in [2.05, 4.69) is 41.8 Å². The van der Waals surface area contributed by atoms with Gasteiger partial charge in [-0.1, -0.05) is 62.2 Å². The number of rotatable bonds is 16. The summed E-state index contributed by atoms with van der Waals surface area (Å²) in [4.78, 5) is 11.7. The van der Waals surface area contributed by atoms with E-state index in [4.69, 9.17) is 14.2 Å². The van der Waals surface area contributed by atoms with Crippen LogP contribution >= 0.6 is 0 Å². The minimum atomic E-state index is -0.944. The highest BCUT2D eigenvalue weighted by atomic mass is 16.5. The molecule has 3 aromatic rings. The molecule has 0 radical (unpaired) electrons. The number of carbonyl (C=O) groups is 1. The minimum absolute atomic E-state index is 0.00676. The maximum absolute atomic E-state index is 12.1. The van der Waals surface area contributed by atoms with Crippen LogP contribution in [0.1, 0.15) is 87.1 Å². The third-order valence-electron chi connectivity index (χ3n) is 12.2. The summed E-state index contributed by atoms with van der Waals surface area (Å²) in [6.07, 6.45) is 7.90. The average Bonchev–Trinajstić information content (AvgIpc) is 3.73. The Morgan fingerprint density at radius 1 is 1.04 bits per heavy atom. The van der Waals surface area contributed by atoms with Crippen molar-refractivity contribution in [3.8, 4) is 17.2 Å². The molecule has 4 atom stereocenters. The second kappa shape index (κ2) is 16.1. The number of phenols is 1. The molecule has 0 aromatic heterocycles. The molecule has 4 fully saturated rings. The van der Waals surface area contributed by atoms with E-state index in [1.807, 2.05) is 30.3 Å². The average molecular weight is 715 g/mol. The number of hydrogen-bond acceptors (Lipinski definition) is 8. The molecule has 1 aliphatic carbocycles. The first kappa shape index (κ1) is 36.7. The molecule has 8 rings (SSSR count). The normalized spacial score (nSPS) is 25.1. The molecular weight excluding hydrogens is 658 g/mol. The van der Waals surface area contributed by atoms with E-state index in [1.54, 1.807) is 0 Å². The van der Waals surface area contributed by atoms with Crippen molar-refractivity contribution >= 4 is 11.6 Å². The molecule has 1 unspecified atom stereocenters. The van der Waals surface area contributed by atoms with Gasteiger partial charge in [-0.05, 0) is 54.5 Å². The third kappa shape index (κ3) is 8.11. The van der Waals surface area contributed by atoms with Crippen LogP contribution in [0.25, 0.3) is 0 Å². The number of nitrogens with zero attached hydrogens (tertiary/aromatic N) is 1. The van der Waals surface area contributed by atoms with Crippen molar-refractivity contribution < 1.29 is 38.8 Å². The van der Waals surface area contributed by atoms with E-state index in [9.17, 15) is 20.1 Å². The SMILES string of the molecule is CC[C@@H](NC[C@H](O)c1cc(O)cc2c1OCC(=O)N2)c1ccc(OCCC[N+]23CCC(CC2)[C@@H](OCC(O)(c2ccccc2)C2CCCC2)C3)cc1. The van der Waals surface area contributed by atoms with E-state index in [0.717, 1.165) is 60.1 Å². The second-order valence-electron chi connectivity index (χ2n) is 15.6. The van der Waals surface area contributed by atoms with Gasteiger partial charge in [0.15, 0.2) is 6.61 Å². The summed E-state index contributed by atoms with van der Waals surface area (Å²) in [7, 11) is 0. The predicted octanol–water partition coefficient (Wildman–Crippen LogP) is 5.97. The monoisotopic (exact) mass is 714 g/mol. The number of aliphatic hydroxyl groups excluding tert-OH is 1. The fourth-order valence-electron chi connectivity index (χ4n) is 9.23. The molecule has 4 aliphatic heterocycles. The number of benzene rings is 3. The number of nitrogens with one attached hydrogen (secondary N) is 2. The van der Waals surface area contributed by atoms with Gasteiger partial charge in [-0.25, -0.2) is 0 Å². The smallest absolute Gasteiger partial charge is 0.262 e. The number of anilines is 1. The van der Waals surface area contributed by atoms with Crippen molar-refractivity contribution in [1.29, 1.82) is 0 Å². The summed E-state index contributed by atoms with van der Waals surface area (Å²) in [5.41, 5.74) is 1.96. The number of amides is 1. The lowest BCUT2D eigenvalue weighted by molar-refractivity contribution is -0.946. The second-order valence-corrected chi connectivity index (χ2v) is 15.6. The van der Waals surface area contributed by atoms with Crippen molar-refractivity contribution in [2.45, 2.75) is 82.1 Å². The molecule has 3 aromatic carbocycles. The summed E-state index contributed by atoms with van der Waals surface area (Å²) in [5, 5.41) is 39.3. The Kier molecular flexibility index (Phi) is 11.4. The molecule has 5 aliphatic rings. The Balaban J connectivity index is 0.881. The van der Waals surface area contributed by atoms with Crippen molar-refractivity contribution in [3.63, 3.8) is 0 Å². The zero-order chi connectivity index (χ0) is 36.1. The molecule has 1 saturated carbocycles. The van der Waals surface area contributed by atoms with Crippen molar-refractivity contribution in [3.05, 3.63) is 83.4 Å². The fraction of sp³-hybridized carbons (Fsp3) is 0.548. The molecule has 2 bridgehead atoms. The Morgan fingerprint density at radius 3 is 2.52 bits per heavy atom. The molecule has 5 N–H and O–H groups in total. The summed E-state index contributed by atoms with van der Waals surface area (Å²) in [6, 6.07) is 21.3. The standard InChI is InChI=1S/C42H55N3O7/c1-2-36(43-25-38(47)35-23-33(46)24-37-41(35)51-27-40(48)44-37)29-13-15-34(16-14-29)50-22-8-19-45-20-17-30(18-21-45)39(26-45)52-28-42(49,32-11-6-7-12-32)31-9-4-3-5-10-31/h3-5,9-10,13-16,23-24,30,32,36,38-39,43,47,49H,2,6-8,11-12,17-22,25-28H2,1H3,(H-,44,46,48)/p+1/t30?,36-,38+,39+,42?,45?/m1/s1. The summed E-state index contributed by atoms with van der Waals surface area (Å²) in [5.74, 6) is 1.72. The van der Waals surface area contributed by atoms with Gasteiger partial charge < -0.3 is 44.6 Å². The van der Waals surface area contributed by atoms with Crippen molar-refractivity contribution in [2.24, 2.45) is 11.8 Å². The quantitative estimate of drug-likeness (QED) is 0.0908. The van der Waals surface area contributed by atoms with E-state index in [1.165, 1.54) is 50.9 Å². The molecular formula is C42H56N3O7+. The van der Waals surface area contributed by atoms with Crippen molar-refractivity contribution in [2.75, 3.05) is 57.9 Å². The maximum Gasteiger partial charge on any atom is 0.262 e. The summed E-state index contributed by atoms with van der Waals surface area (Å²) in [6.45, 7) is 7.72. The fourth-order valence-corrected chi connectivity index (χ4v) is 9.23. The number of carbonyl (C=O) groups excluding carboxylic acids is 1. The van der Waals surface area contributed by atoms with Crippen LogP contribution in [-0.2, 0) is 15.1 Å². The van der Waals surface area contributed by atoms with Crippen molar-refractivity contribution in [1.82, 2.24) is 5.32 Å². The molecule has 10 heteroatoms. The number of aliphatic hydroxyl groups is 2. The highest BCUT2D eigenvalue weighted by Crippen LogP contribution is 2.43. The van der Waals surface area contributed by atoms with Gasteiger partial charge in [-0.3, -0.25) is 4.79 Å². The lowest BCUT2D eigenvalue weighted by Crippen LogP contribution is -2.65. The lowest BCUT2D eigenvalue weighted by atomic mass is 9.80. The molecule has 4 heterocycles. The van der Waals surface area contributed by atoms with E-state index in [0.29, 0.717) is 36.1 Å². The zero-order valence-corrected chi connectivity index (χ0v) is 30.5. The van der Waals surface area contributed by atoms with E-state index >= 15 is 0 Å². The van der Waals surface area contributed by atoms with Crippen LogP contribution in [0.5, 0.6) is 17.2 Å². The van der Waals surface area contributed by atoms with Crippen LogP contribution in [0.4, 0.5) is 5.69 Å². The summed E-state index contributed by atoms with van der Waals surface area (Å²) >= 11 is 0. The Bertz CT molecular complexity index is 1640. The van der Waals surface area contributed by atoms with Gasteiger partial charge in [-0.15, -0.1) is 0 Å². The first-order chi connectivity index (χ1) is 25.2. The molecule has 0 spiro atoms. The highest BCUT2D eigenvalue weighted by Gasteiger charge is 2.48. The minimum Gasteiger partial charge on any atom is -0.508 e. The highest BCUT2D eigenvalue weighted by molar-refractivity contribution is 5.96. The number of piperidine rings is 3. The van der Waals surface area contributed by atoms with Gasteiger partial charge in [0.2, 0.25) is 0 Å². The number of quaternary nitrogens is 1. The lowest BCUT2D eigenvalue weighted by Gasteiger charge is -2.53. The van der Waals surface area contributed by atoms with Crippen LogP contribution < -0.4 is 20.1 Å². The van der Waals surface area contributed by atoms with Gasteiger partial charge in [0.05, 0.1) is 44.6 Å². The van der Waals surface area contributed by atoms with E-state index in [-0.39, 0.29) is 42.9 Å². The maximum atomic E-state index is 12.1. The molecule has 3 saturated heterocycles. The predicted molar refractivity (Wildman–Crippen MR) is 199 cm³/mol. The molecule has 52 heavy (non-hydrogen) atoms. The van der Waals surface area contributed by atoms with Crippen LogP contribution in [0.2, 0.25) is 0 Å². The Morgan fingerprint density at radius 2 is 1.79 bits per heavy atom. The number of hydrogen-bond donors (Lipinski definition) is 5. The number of ether oxygens (including phenoxy) is 3. The molecule has 10 nitrogen and oxygen atoms in total. The van der Waals surface area contributed by atoms with Crippen LogP contribution in [0.15, 0.2) is 66.7 Å². The van der Waals surface area contributed by atoms with Gasteiger partial charge in [0, 0.05) is 49.4 Å². The van der Waals surface area contributed by atoms with E-state index < -0.39 is 11.7 Å². The largest absolute Gasteiger partial charge is 0.508 e. The molecule has 280 valence electrons. The van der Waals surface area contributed by atoms with Crippen LogP contribution in [-0.4, -0.2) is 84.4 Å². The number of phenolic OH excluding ortho intramolecular Hbond substituents is 1. The van der Waals surface area contributed by atoms with Gasteiger partial charge >= 0.3 is 0 Å². The van der Waals surface area contributed by atoms with Crippen LogP contribution in [0, 0.1) is 11.8 Å². The number of fused-ring (bicyclic) bond motifs is 4. The summed E-state index contributed by atoms with van der Waals surface area (Å²) < 4.78 is 19.6. The Hall–Kier alpha value is -3.67. The first-order valence-electron chi connectivity index (χ1n) is 19.4. The number of aromatic hydroxyl groups is 1.